The lowest BCUT2D eigenvalue weighted by Crippen LogP contribution is -2.30. The number of halogens is 1. The number of rotatable bonds is 7. The summed E-state index contributed by atoms with van der Waals surface area (Å²) in [7, 11) is 2.52. The van der Waals surface area contributed by atoms with Crippen molar-refractivity contribution in [2.45, 2.75) is 6.54 Å². The molecule has 0 aliphatic carbocycles. The summed E-state index contributed by atoms with van der Waals surface area (Å²) in [6.07, 6.45) is 0. The van der Waals surface area contributed by atoms with Gasteiger partial charge in [-0.2, -0.15) is 0 Å². The van der Waals surface area contributed by atoms with Crippen molar-refractivity contribution in [3.63, 3.8) is 0 Å². The zero-order valence-corrected chi connectivity index (χ0v) is 21.7. The Morgan fingerprint density at radius 1 is 0.892 bits per heavy atom. The first-order valence-corrected chi connectivity index (χ1v) is 12.1. The maximum absolute atomic E-state index is 13.7. The minimum atomic E-state index is -0.642. The van der Waals surface area contributed by atoms with Crippen molar-refractivity contribution < 1.29 is 23.9 Å². The molecule has 188 valence electrons. The van der Waals surface area contributed by atoms with E-state index in [0.717, 1.165) is 10.0 Å². The molecular weight excluding hydrogens is 540 g/mol. The molecule has 1 aromatic heterocycles. The molecule has 0 fully saturated rings. The summed E-state index contributed by atoms with van der Waals surface area (Å²) in [6.45, 7) is -0.177. The number of benzene rings is 3. The van der Waals surface area contributed by atoms with E-state index < -0.39 is 17.8 Å². The van der Waals surface area contributed by atoms with Gasteiger partial charge in [-0.05, 0) is 46.8 Å². The molecule has 0 aliphatic rings. The summed E-state index contributed by atoms with van der Waals surface area (Å²) in [4.78, 5) is 50.4. The first-order valence-electron chi connectivity index (χ1n) is 11.3. The van der Waals surface area contributed by atoms with Crippen molar-refractivity contribution in [2.75, 3.05) is 20.8 Å². The number of nitrogens with one attached hydrogen (secondary N) is 1. The predicted octanol–water partition coefficient (Wildman–Crippen LogP) is 4.17. The standard InChI is InChI=1S/C28H23BrN2O6/c1-36-23(32)15-30-26(33)19-10-8-17(9-11-19)16-31-25(28(35)37-2)24(18-6-4-3-5-7-18)22-14-20(29)12-13-21(22)27(31)34/h3-14H,15-16H2,1-2H3,(H,30,33). The Hall–Kier alpha value is -4.24. The lowest BCUT2D eigenvalue weighted by atomic mass is 9.96. The fourth-order valence-electron chi connectivity index (χ4n) is 4.05. The van der Waals surface area contributed by atoms with Gasteiger partial charge in [0.15, 0.2) is 0 Å². The van der Waals surface area contributed by atoms with Crippen LogP contribution in [-0.2, 0) is 20.8 Å². The van der Waals surface area contributed by atoms with E-state index in [2.05, 4.69) is 26.0 Å². The van der Waals surface area contributed by atoms with Gasteiger partial charge < -0.3 is 14.8 Å². The Labute approximate surface area is 221 Å². The highest BCUT2D eigenvalue weighted by Crippen LogP contribution is 2.33. The Kier molecular flexibility index (Phi) is 7.83. The molecule has 3 aromatic carbocycles. The fraction of sp³-hybridized carbons (Fsp3) is 0.143. The van der Waals surface area contributed by atoms with E-state index in [1.54, 1.807) is 36.4 Å². The van der Waals surface area contributed by atoms with E-state index in [-0.39, 0.29) is 24.3 Å². The number of aromatic nitrogens is 1. The van der Waals surface area contributed by atoms with Crippen molar-refractivity contribution in [1.82, 2.24) is 9.88 Å². The maximum atomic E-state index is 13.7. The molecule has 8 nitrogen and oxygen atoms in total. The van der Waals surface area contributed by atoms with Crippen LogP contribution >= 0.6 is 15.9 Å². The van der Waals surface area contributed by atoms with Gasteiger partial charge in [0.05, 0.1) is 20.8 Å². The number of amides is 1. The van der Waals surface area contributed by atoms with Gasteiger partial charge >= 0.3 is 11.9 Å². The number of carbonyl (C=O) groups is 3. The molecule has 0 radical (unpaired) electrons. The highest BCUT2D eigenvalue weighted by Gasteiger charge is 2.24. The van der Waals surface area contributed by atoms with Crippen LogP contribution in [0.3, 0.4) is 0 Å². The van der Waals surface area contributed by atoms with Crippen molar-refractivity contribution in [2.24, 2.45) is 0 Å². The summed E-state index contributed by atoms with van der Waals surface area (Å²) in [5, 5.41) is 3.55. The summed E-state index contributed by atoms with van der Waals surface area (Å²) >= 11 is 3.47. The Morgan fingerprint density at radius 3 is 2.24 bits per heavy atom. The molecule has 9 heteroatoms. The number of nitrogens with zero attached hydrogens (tertiary/aromatic N) is 1. The third kappa shape index (κ3) is 5.46. The largest absolute Gasteiger partial charge is 0.468 e. The number of fused-ring (bicyclic) bond motifs is 1. The van der Waals surface area contributed by atoms with Crippen LogP contribution < -0.4 is 10.9 Å². The molecule has 0 saturated carbocycles. The molecule has 1 N–H and O–H groups in total. The molecule has 37 heavy (non-hydrogen) atoms. The summed E-state index contributed by atoms with van der Waals surface area (Å²) in [5.74, 6) is -1.64. The number of hydrogen-bond acceptors (Lipinski definition) is 6. The SMILES string of the molecule is COC(=O)CNC(=O)c1ccc(Cn2c(C(=O)OC)c(-c3ccccc3)c3cc(Br)ccc3c2=O)cc1. The highest BCUT2D eigenvalue weighted by molar-refractivity contribution is 9.10. The molecule has 0 bridgehead atoms. The van der Waals surface area contributed by atoms with E-state index in [0.29, 0.717) is 27.5 Å². The second kappa shape index (κ2) is 11.2. The average molecular weight is 563 g/mol. The van der Waals surface area contributed by atoms with Crippen LogP contribution in [0.1, 0.15) is 26.4 Å². The van der Waals surface area contributed by atoms with Gasteiger partial charge in [-0.25, -0.2) is 4.79 Å². The summed E-state index contributed by atoms with van der Waals surface area (Å²) in [5.41, 5.74) is 2.15. The maximum Gasteiger partial charge on any atom is 0.355 e. The zero-order valence-electron chi connectivity index (χ0n) is 20.1. The minimum Gasteiger partial charge on any atom is -0.468 e. The molecule has 0 aliphatic heterocycles. The van der Waals surface area contributed by atoms with Crippen molar-refractivity contribution >= 4 is 44.5 Å². The first-order chi connectivity index (χ1) is 17.8. The number of carbonyl (C=O) groups excluding carboxylic acids is 3. The van der Waals surface area contributed by atoms with Gasteiger partial charge in [0.25, 0.3) is 11.5 Å². The quantitative estimate of drug-likeness (QED) is 0.339. The molecule has 0 atom stereocenters. The van der Waals surface area contributed by atoms with Crippen LogP contribution in [0, 0.1) is 0 Å². The van der Waals surface area contributed by atoms with E-state index in [4.69, 9.17) is 4.74 Å². The van der Waals surface area contributed by atoms with Gasteiger partial charge in [0.1, 0.15) is 12.2 Å². The molecule has 4 aromatic rings. The van der Waals surface area contributed by atoms with E-state index in [9.17, 15) is 19.2 Å². The third-order valence-corrected chi connectivity index (χ3v) is 6.35. The molecular formula is C28H23BrN2O6. The predicted molar refractivity (Wildman–Crippen MR) is 143 cm³/mol. The first kappa shape index (κ1) is 25.8. The Morgan fingerprint density at radius 2 is 1.59 bits per heavy atom. The number of pyridine rings is 1. The normalized spacial score (nSPS) is 10.7. The smallest absolute Gasteiger partial charge is 0.355 e. The lowest BCUT2D eigenvalue weighted by Gasteiger charge is -2.19. The van der Waals surface area contributed by atoms with Crippen LogP contribution in [0.25, 0.3) is 21.9 Å². The number of methoxy groups -OCH3 is 2. The number of ether oxygens (including phenoxy) is 2. The van der Waals surface area contributed by atoms with Gasteiger partial charge in [0.2, 0.25) is 0 Å². The Bertz CT molecular complexity index is 1550. The van der Waals surface area contributed by atoms with Crippen LogP contribution in [-0.4, -0.2) is 43.2 Å². The third-order valence-electron chi connectivity index (χ3n) is 5.85. The molecule has 4 rings (SSSR count). The summed E-state index contributed by atoms with van der Waals surface area (Å²) < 4.78 is 11.8. The highest BCUT2D eigenvalue weighted by atomic mass is 79.9. The van der Waals surface area contributed by atoms with Crippen LogP contribution in [0.15, 0.2) is 82.1 Å². The van der Waals surface area contributed by atoms with Crippen molar-refractivity contribution in [1.29, 1.82) is 0 Å². The zero-order chi connectivity index (χ0) is 26.5. The van der Waals surface area contributed by atoms with E-state index in [1.165, 1.54) is 18.8 Å². The molecule has 0 unspecified atom stereocenters. The van der Waals surface area contributed by atoms with Gasteiger partial charge in [-0.3, -0.25) is 19.0 Å². The van der Waals surface area contributed by atoms with E-state index >= 15 is 0 Å². The van der Waals surface area contributed by atoms with E-state index in [1.807, 2.05) is 36.4 Å². The fourth-order valence-corrected chi connectivity index (χ4v) is 4.41. The summed E-state index contributed by atoms with van der Waals surface area (Å²) in [6, 6.07) is 21.2. The molecule has 0 spiro atoms. The van der Waals surface area contributed by atoms with Gasteiger partial charge in [-0.15, -0.1) is 0 Å². The minimum absolute atomic E-state index is 0.0686. The lowest BCUT2D eigenvalue weighted by molar-refractivity contribution is -0.139. The molecule has 0 saturated heterocycles. The average Bonchev–Trinajstić information content (AvgIpc) is 2.93. The Balaban J connectivity index is 1.83. The van der Waals surface area contributed by atoms with Gasteiger partial charge in [-0.1, -0.05) is 58.4 Å². The molecule has 1 amide bonds. The van der Waals surface area contributed by atoms with Crippen molar-refractivity contribution in [3.05, 3.63) is 104 Å². The molecule has 1 heterocycles. The second-order valence-electron chi connectivity index (χ2n) is 8.12. The monoisotopic (exact) mass is 562 g/mol. The number of esters is 2. The van der Waals surface area contributed by atoms with Gasteiger partial charge in [0, 0.05) is 21.0 Å². The van der Waals surface area contributed by atoms with Crippen molar-refractivity contribution in [3.8, 4) is 11.1 Å². The van der Waals surface area contributed by atoms with Crippen LogP contribution in [0.5, 0.6) is 0 Å². The number of hydrogen-bond donors (Lipinski definition) is 1. The topological polar surface area (TPSA) is 104 Å². The second-order valence-corrected chi connectivity index (χ2v) is 9.03. The van der Waals surface area contributed by atoms with Crippen LogP contribution in [0.2, 0.25) is 0 Å². The van der Waals surface area contributed by atoms with Crippen LogP contribution in [0.4, 0.5) is 0 Å².